The van der Waals surface area contributed by atoms with Crippen molar-refractivity contribution in [3.05, 3.63) is 35.9 Å². The molecule has 1 aliphatic carbocycles. The van der Waals surface area contributed by atoms with Crippen LogP contribution in [-0.4, -0.2) is 35.3 Å². The maximum Gasteiger partial charge on any atom is 0.243 e. The van der Waals surface area contributed by atoms with Crippen LogP contribution < -0.4 is 5.32 Å². The number of amides is 2. The number of nitrogens with zero attached hydrogens (tertiary/aromatic N) is 1. The van der Waals surface area contributed by atoms with Crippen LogP contribution in [-0.2, 0) is 16.0 Å². The average Bonchev–Trinajstić information content (AvgIpc) is 3.12. The first-order valence-corrected chi connectivity index (χ1v) is 9.79. The van der Waals surface area contributed by atoms with Gasteiger partial charge in [0.1, 0.15) is 6.04 Å². The molecule has 25 heavy (non-hydrogen) atoms. The third-order valence-electron chi connectivity index (χ3n) is 5.04. The van der Waals surface area contributed by atoms with Crippen LogP contribution in [0.2, 0.25) is 0 Å². The summed E-state index contributed by atoms with van der Waals surface area (Å²) in [6, 6.07) is 10.1. The van der Waals surface area contributed by atoms with Crippen LogP contribution in [0.5, 0.6) is 0 Å². The molecule has 1 unspecified atom stereocenters. The zero-order valence-electron chi connectivity index (χ0n) is 15.7. The quantitative estimate of drug-likeness (QED) is 0.743. The molecule has 0 spiro atoms. The van der Waals surface area contributed by atoms with Gasteiger partial charge >= 0.3 is 0 Å². The Bertz CT molecular complexity index is 538. The molecular formula is C21H32N2O2. The largest absolute Gasteiger partial charge is 0.352 e. The van der Waals surface area contributed by atoms with Crippen molar-refractivity contribution >= 4 is 11.8 Å². The molecular weight excluding hydrogens is 312 g/mol. The molecule has 1 atom stereocenters. The highest BCUT2D eigenvalue weighted by Crippen LogP contribution is 2.19. The summed E-state index contributed by atoms with van der Waals surface area (Å²) in [5.41, 5.74) is 1.20. The molecule has 138 valence electrons. The molecule has 2 amide bonds. The van der Waals surface area contributed by atoms with Crippen LogP contribution in [0.25, 0.3) is 0 Å². The van der Waals surface area contributed by atoms with Crippen LogP contribution in [0.4, 0.5) is 0 Å². The van der Waals surface area contributed by atoms with Gasteiger partial charge in [-0.3, -0.25) is 9.59 Å². The normalized spacial score (nSPS) is 15.8. The van der Waals surface area contributed by atoms with E-state index in [1.54, 1.807) is 4.90 Å². The molecule has 4 heteroatoms. The lowest BCUT2D eigenvalue weighted by Crippen LogP contribution is -2.51. The highest BCUT2D eigenvalue weighted by atomic mass is 16.2. The Kier molecular flexibility index (Phi) is 7.96. The van der Waals surface area contributed by atoms with Gasteiger partial charge in [-0.25, -0.2) is 0 Å². The molecule has 0 aliphatic heterocycles. The molecule has 0 heterocycles. The Labute approximate surface area is 152 Å². The predicted molar refractivity (Wildman–Crippen MR) is 101 cm³/mol. The van der Waals surface area contributed by atoms with Crippen molar-refractivity contribution in [3.63, 3.8) is 0 Å². The lowest BCUT2D eigenvalue weighted by atomic mass is 10.1. The summed E-state index contributed by atoms with van der Waals surface area (Å²) in [6.45, 7) is 4.60. The number of hydrogen-bond donors (Lipinski definition) is 1. The minimum atomic E-state index is -0.358. The van der Waals surface area contributed by atoms with Gasteiger partial charge in [-0.15, -0.1) is 0 Å². The van der Waals surface area contributed by atoms with E-state index in [4.69, 9.17) is 0 Å². The molecule has 2 rings (SSSR count). The SMILES string of the molecule is CCCC(=O)N(CCc1ccccc1)C(CC)C(=O)NC1CCCC1. The van der Waals surface area contributed by atoms with Crippen molar-refractivity contribution in [3.8, 4) is 0 Å². The molecule has 0 bridgehead atoms. The molecule has 0 saturated heterocycles. The van der Waals surface area contributed by atoms with Gasteiger partial charge in [-0.1, -0.05) is 57.0 Å². The van der Waals surface area contributed by atoms with Crippen LogP contribution >= 0.6 is 0 Å². The number of hydrogen-bond acceptors (Lipinski definition) is 2. The van der Waals surface area contributed by atoms with Crippen molar-refractivity contribution in [1.29, 1.82) is 0 Å². The van der Waals surface area contributed by atoms with Crippen LogP contribution in [0.15, 0.2) is 30.3 Å². The fraction of sp³-hybridized carbons (Fsp3) is 0.619. The Balaban J connectivity index is 2.04. The van der Waals surface area contributed by atoms with E-state index < -0.39 is 0 Å². The van der Waals surface area contributed by atoms with Crippen molar-refractivity contribution in [2.45, 2.75) is 77.3 Å². The fourth-order valence-electron chi connectivity index (χ4n) is 3.62. The van der Waals surface area contributed by atoms with E-state index in [0.717, 1.165) is 25.7 Å². The van der Waals surface area contributed by atoms with Crippen molar-refractivity contribution in [2.24, 2.45) is 0 Å². The number of benzene rings is 1. The molecule has 4 nitrogen and oxygen atoms in total. The van der Waals surface area contributed by atoms with Crippen LogP contribution in [0.3, 0.4) is 0 Å². The lowest BCUT2D eigenvalue weighted by Gasteiger charge is -2.31. The second-order valence-corrected chi connectivity index (χ2v) is 6.99. The van der Waals surface area contributed by atoms with Crippen LogP contribution in [0.1, 0.15) is 64.4 Å². The van der Waals surface area contributed by atoms with Gasteiger partial charge in [0.25, 0.3) is 0 Å². The smallest absolute Gasteiger partial charge is 0.243 e. The minimum absolute atomic E-state index is 0.0203. The number of carbonyl (C=O) groups is 2. The summed E-state index contributed by atoms with van der Waals surface area (Å²) in [4.78, 5) is 27.2. The summed E-state index contributed by atoms with van der Waals surface area (Å²) in [5, 5.41) is 3.17. The van der Waals surface area contributed by atoms with E-state index in [1.165, 1.54) is 18.4 Å². The maximum atomic E-state index is 12.8. The highest BCUT2D eigenvalue weighted by molar-refractivity contribution is 5.87. The molecule has 1 N–H and O–H groups in total. The molecule has 1 fully saturated rings. The van der Waals surface area contributed by atoms with Gasteiger partial charge in [0.15, 0.2) is 0 Å². The summed E-state index contributed by atoms with van der Waals surface area (Å²) in [6.07, 6.45) is 7.25. The Hall–Kier alpha value is -1.84. The summed E-state index contributed by atoms with van der Waals surface area (Å²) < 4.78 is 0. The summed E-state index contributed by atoms with van der Waals surface area (Å²) in [7, 11) is 0. The Morgan fingerprint density at radius 3 is 2.44 bits per heavy atom. The lowest BCUT2D eigenvalue weighted by molar-refractivity contribution is -0.141. The predicted octanol–water partition coefficient (Wildman–Crippen LogP) is 3.70. The number of carbonyl (C=O) groups excluding carboxylic acids is 2. The van der Waals surface area contributed by atoms with Crippen LogP contribution in [0, 0.1) is 0 Å². The Morgan fingerprint density at radius 1 is 1.16 bits per heavy atom. The molecule has 1 aromatic rings. The van der Waals surface area contributed by atoms with Gasteiger partial charge in [0, 0.05) is 19.0 Å². The maximum absolute atomic E-state index is 12.8. The second kappa shape index (κ2) is 10.2. The van der Waals surface area contributed by atoms with Gasteiger partial charge in [0.2, 0.25) is 11.8 Å². The van der Waals surface area contributed by atoms with E-state index in [0.29, 0.717) is 25.4 Å². The van der Waals surface area contributed by atoms with Crippen molar-refractivity contribution in [2.75, 3.05) is 6.54 Å². The van der Waals surface area contributed by atoms with Gasteiger partial charge in [-0.05, 0) is 37.7 Å². The van der Waals surface area contributed by atoms with Crippen molar-refractivity contribution < 1.29 is 9.59 Å². The molecule has 0 aromatic heterocycles. The number of nitrogens with one attached hydrogen (secondary N) is 1. The number of rotatable bonds is 9. The first kappa shape index (κ1) is 19.5. The monoisotopic (exact) mass is 344 g/mol. The van der Waals surface area contributed by atoms with Gasteiger partial charge < -0.3 is 10.2 Å². The summed E-state index contributed by atoms with van der Waals surface area (Å²) >= 11 is 0. The first-order chi connectivity index (χ1) is 12.2. The van der Waals surface area contributed by atoms with E-state index in [9.17, 15) is 9.59 Å². The standard InChI is InChI=1S/C21H32N2O2/c1-3-10-20(24)23(16-15-17-11-6-5-7-12-17)19(4-2)21(25)22-18-13-8-9-14-18/h5-7,11-12,18-19H,3-4,8-10,13-16H2,1-2H3,(H,22,25). The molecule has 0 radical (unpaired) electrons. The summed E-state index contributed by atoms with van der Waals surface area (Å²) in [5.74, 6) is 0.110. The molecule has 1 saturated carbocycles. The van der Waals surface area contributed by atoms with Gasteiger partial charge in [-0.2, -0.15) is 0 Å². The van der Waals surface area contributed by atoms with E-state index in [-0.39, 0.29) is 17.9 Å². The van der Waals surface area contributed by atoms with Crippen molar-refractivity contribution in [1.82, 2.24) is 10.2 Å². The first-order valence-electron chi connectivity index (χ1n) is 9.79. The Morgan fingerprint density at radius 2 is 1.84 bits per heavy atom. The van der Waals surface area contributed by atoms with Gasteiger partial charge in [0.05, 0.1) is 0 Å². The zero-order valence-corrected chi connectivity index (χ0v) is 15.7. The molecule has 1 aromatic carbocycles. The zero-order chi connectivity index (χ0) is 18.1. The average molecular weight is 344 g/mol. The highest BCUT2D eigenvalue weighted by Gasteiger charge is 2.29. The third kappa shape index (κ3) is 5.87. The second-order valence-electron chi connectivity index (χ2n) is 6.99. The fourth-order valence-corrected chi connectivity index (χ4v) is 3.62. The third-order valence-corrected chi connectivity index (χ3v) is 5.04. The topological polar surface area (TPSA) is 49.4 Å². The van der Waals surface area contributed by atoms with E-state index in [2.05, 4.69) is 17.4 Å². The van der Waals surface area contributed by atoms with E-state index >= 15 is 0 Å². The minimum Gasteiger partial charge on any atom is -0.352 e. The van der Waals surface area contributed by atoms with E-state index in [1.807, 2.05) is 32.0 Å². The molecule has 1 aliphatic rings.